The van der Waals surface area contributed by atoms with E-state index in [4.69, 9.17) is 5.73 Å². The van der Waals surface area contributed by atoms with Crippen molar-refractivity contribution < 1.29 is 4.79 Å². The van der Waals surface area contributed by atoms with Crippen molar-refractivity contribution in [3.05, 3.63) is 11.4 Å². The molecule has 0 bridgehead atoms. The Bertz CT molecular complexity index is 567. The van der Waals surface area contributed by atoms with Crippen LogP contribution in [0.2, 0.25) is 0 Å². The zero-order valence-corrected chi connectivity index (χ0v) is 13.8. The van der Waals surface area contributed by atoms with Gasteiger partial charge in [-0.3, -0.25) is 14.4 Å². The molecule has 1 aromatic heterocycles. The number of carbonyl (C=O) groups excluding carboxylic acids is 1. The van der Waals surface area contributed by atoms with E-state index in [2.05, 4.69) is 15.3 Å². The lowest BCUT2D eigenvalue weighted by molar-refractivity contribution is -0.117. The molecule has 2 heterocycles. The number of nitrogens with two attached hydrogens (primary N) is 1. The number of nitrogens with zero attached hydrogens (tertiary/aromatic N) is 3. The molecule has 1 amide bonds. The number of amides is 1. The first-order valence-electron chi connectivity index (χ1n) is 8.23. The van der Waals surface area contributed by atoms with Crippen LogP contribution in [0.25, 0.3) is 0 Å². The molecule has 0 spiro atoms. The number of anilines is 1. The van der Waals surface area contributed by atoms with E-state index in [9.17, 15) is 4.79 Å². The molecule has 6 heteroatoms. The van der Waals surface area contributed by atoms with Gasteiger partial charge in [-0.1, -0.05) is 6.42 Å². The quantitative estimate of drug-likeness (QED) is 0.874. The van der Waals surface area contributed by atoms with Crippen molar-refractivity contribution in [2.45, 2.75) is 39.2 Å². The molecule has 122 valence electrons. The second-order valence-electron chi connectivity index (χ2n) is 6.93. The van der Waals surface area contributed by atoms with Crippen LogP contribution in [0.1, 0.15) is 30.7 Å². The minimum atomic E-state index is 0.0476. The Kier molecular flexibility index (Phi) is 4.23. The molecule has 6 nitrogen and oxygen atoms in total. The maximum Gasteiger partial charge on any atom is 0.238 e. The van der Waals surface area contributed by atoms with Gasteiger partial charge in [-0.15, -0.1) is 0 Å². The molecule has 3 N–H and O–H groups in total. The highest BCUT2D eigenvalue weighted by Crippen LogP contribution is 2.35. The number of hydrogen-bond acceptors (Lipinski definition) is 4. The van der Waals surface area contributed by atoms with Crippen molar-refractivity contribution >= 4 is 11.6 Å². The van der Waals surface area contributed by atoms with Crippen molar-refractivity contribution in [1.82, 2.24) is 14.7 Å². The van der Waals surface area contributed by atoms with Crippen molar-refractivity contribution in [2.24, 2.45) is 24.6 Å². The molecule has 3 unspecified atom stereocenters. The van der Waals surface area contributed by atoms with Crippen LogP contribution in [0.3, 0.4) is 0 Å². The number of rotatable bonds is 3. The predicted molar refractivity (Wildman–Crippen MR) is 86.6 cm³/mol. The fourth-order valence-electron chi connectivity index (χ4n) is 4.07. The van der Waals surface area contributed by atoms with Crippen molar-refractivity contribution in [1.29, 1.82) is 0 Å². The average Bonchev–Trinajstić information content (AvgIpc) is 2.96. The van der Waals surface area contributed by atoms with Gasteiger partial charge in [-0.25, -0.2) is 0 Å². The lowest BCUT2D eigenvalue weighted by Crippen LogP contribution is -2.38. The van der Waals surface area contributed by atoms with Crippen LogP contribution in [0.5, 0.6) is 0 Å². The van der Waals surface area contributed by atoms with Gasteiger partial charge < -0.3 is 11.1 Å². The Morgan fingerprint density at radius 3 is 2.77 bits per heavy atom. The summed E-state index contributed by atoms with van der Waals surface area (Å²) < 4.78 is 1.80. The molecule has 2 aliphatic rings. The third-order valence-corrected chi connectivity index (χ3v) is 5.37. The van der Waals surface area contributed by atoms with Gasteiger partial charge in [0.25, 0.3) is 0 Å². The summed E-state index contributed by atoms with van der Waals surface area (Å²) in [5.41, 5.74) is 8.94. The van der Waals surface area contributed by atoms with Crippen LogP contribution in [0.15, 0.2) is 0 Å². The summed E-state index contributed by atoms with van der Waals surface area (Å²) in [4.78, 5) is 14.6. The highest BCUT2D eigenvalue weighted by molar-refractivity contribution is 5.93. The first-order chi connectivity index (χ1) is 10.5. The third-order valence-electron chi connectivity index (χ3n) is 5.37. The lowest BCUT2D eigenvalue weighted by Gasteiger charge is -2.29. The third kappa shape index (κ3) is 2.90. The normalized spacial score (nSPS) is 28.6. The number of fused-ring (bicyclic) bond motifs is 1. The molecule has 0 radical (unpaired) electrons. The largest absolute Gasteiger partial charge is 0.327 e. The van der Waals surface area contributed by atoms with Gasteiger partial charge in [0, 0.05) is 26.2 Å². The fraction of sp³-hybridized carbons (Fsp3) is 0.750. The minimum Gasteiger partial charge on any atom is -0.327 e. The Morgan fingerprint density at radius 1 is 1.36 bits per heavy atom. The number of aromatic nitrogens is 2. The van der Waals surface area contributed by atoms with E-state index in [1.807, 2.05) is 20.9 Å². The molecule has 1 aliphatic heterocycles. The molecule has 3 rings (SSSR count). The monoisotopic (exact) mass is 305 g/mol. The molecule has 1 aliphatic carbocycles. The van der Waals surface area contributed by atoms with Crippen LogP contribution >= 0.6 is 0 Å². The first-order valence-corrected chi connectivity index (χ1v) is 8.23. The van der Waals surface area contributed by atoms with Crippen LogP contribution in [-0.2, 0) is 11.8 Å². The molecular weight excluding hydrogens is 278 g/mol. The second-order valence-corrected chi connectivity index (χ2v) is 6.93. The fourth-order valence-corrected chi connectivity index (χ4v) is 4.07. The Labute approximate surface area is 132 Å². The summed E-state index contributed by atoms with van der Waals surface area (Å²) in [5, 5.41) is 7.36. The molecule has 2 fully saturated rings. The number of carbonyl (C=O) groups is 1. The Balaban J connectivity index is 1.59. The molecule has 0 aromatic carbocycles. The molecular formula is C16H27N5O. The van der Waals surface area contributed by atoms with Gasteiger partial charge in [-0.2, -0.15) is 5.10 Å². The van der Waals surface area contributed by atoms with Crippen molar-refractivity contribution in [3.63, 3.8) is 0 Å². The number of nitrogens with one attached hydrogen (secondary N) is 1. The number of aryl methyl sites for hydroxylation is 2. The van der Waals surface area contributed by atoms with Gasteiger partial charge in [0.05, 0.1) is 23.6 Å². The Morgan fingerprint density at radius 2 is 2.14 bits per heavy atom. The van der Waals surface area contributed by atoms with E-state index in [1.54, 1.807) is 4.68 Å². The molecule has 3 atom stereocenters. The van der Waals surface area contributed by atoms with Crippen LogP contribution in [0.4, 0.5) is 5.69 Å². The maximum absolute atomic E-state index is 12.3. The lowest BCUT2D eigenvalue weighted by atomic mass is 9.78. The van der Waals surface area contributed by atoms with Gasteiger partial charge in [0.2, 0.25) is 5.91 Å². The van der Waals surface area contributed by atoms with Crippen LogP contribution in [-0.4, -0.2) is 46.3 Å². The highest BCUT2D eigenvalue weighted by Gasteiger charge is 2.39. The predicted octanol–water partition coefficient (Wildman–Crippen LogP) is 1.03. The number of likely N-dealkylation sites (tertiary alicyclic amines) is 1. The van der Waals surface area contributed by atoms with E-state index in [0.29, 0.717) is 24.4 Å². The van der Waals surface area contributed by atoms with Crippen LogP contribution in [0, 0.1) is 25.7 Å². The van der Waals surface area contributed by atoms with E-state index in [1.165, 1.54) is 12.8 Å². The second kappa shape index (κ2) is 6.01. The maximum atomic E-state index is 12.3. The SMILES string of the molecule is Cc1nn(C)c(C)c1NC(=O)CN1CC2CCCC(N)C2C1. The van der Waals surface area contributed by atoms with E-state index < -0.39 is 0 Å². The average molecular weight is 305 g/mol. The van der Waals surface area contributed by atoms with Gasteiger partial charge in [0.15, 0.2) is 0 Å². The van der Waals surface area contributed by atoms with E-state index in [-0.39, 0.29) is 5.91 Å². The minimum absolute atomic E-state index is 0.0476. The first kappa shape index (κ1) is 15.5. The van der Waals surface area contributed by atoms with E-state index >= 15 is 0 Å². The summed E-state index contributed by atoms with van der Waals surface area (Å²) in [5.74, 6) is 1.30. The van der Waals surface area contributed by atoms with Crippen LogP contribution < -0.4 is 11.1 Å². The van der Waals surface area contributed by atoms with Crippen molar-refractivity contribution in [2.75, 3.05) is 25.0 Å². The van der Waals surface area contributed by atoms with Gasteiger partial charge in [-0.05, 0) is 38.5 Å². The van der Waals surface area contributed by atoms with Gasteiger partial charge >= 0.3 is 0 Å². The summed E-state index contributed by atoms with van der Waals surface area (Å²) in [6.07, 6.45) is 3.63. The topological polar surface area (TPSA) is 76.2 Å². The molecule has 1 saturated heterocycles. The summed E-state index contributed by atoms with van der Waals surface area (Å²) in [7, 11) is 1.89. The van der Waals surface area contributed by atoms with E-state index in [0.717, 1.165) is 36.6 Å². The highest BCUT2D eigenvalue weighted by atomic mass is 16.2. The standard InChI is InChI=1S/C16H27N5O/c1-10-16(11(2)20(3)19-10)18-15(22)9-21-7-12-5-4-6-14(17)13(12)8-21/h12-14H,4-9,17H2,1-3H3,(H,18,22). The molecule has 22 heavy (non-hydrogen) atoms. The molecule has 1 saturated carbocycles. The summed E-state index contributed by atoms with van der Waals surface area (Å²) in [6.45, 7) is 6.32. The van der Waals surface area contributed by atoms with Gasteiger partial charge in [0.1, 0.15) is 0 Å². The number of hydrogen-bond donors (Lipinski definition) is 2. The summed E-state index contributed by atoms with van der Waals surface area (Å²) >= 11 is 0. The molecule has 1 aromatic rings. The summed E-state index contributed by atoms with van der Waals surface area (Å²) in [6, 6.07) is 0.314. The zero-order chi connectivity index (χ0) is 15.9. The smallest absolute Gasteiger partial charge is 0.238 e. The van der Waals surface area contributed by atoms with Crippen molar-refractivity contribution in [3.8, 4) is 0 Å². The Hall–Kier alpha value is -1.40. The zero-order valence-electron chi connectivity index (χ0n) is 13.8.